The van der Waals surface area contributed by atoms with Gasteiger partial charge in [-0.1, -0.05) is 20.8 Å². The number of ketones is 1. The van der Waals surface area contributed by atoms with Gasteiger partial charge in [-0.05, 0) is 19.5 Å². The molecular formula is C9H17NO. The number of hydrogen-bond donors (Lipinski definition) is 0. The summed E-state index contributed by atoms with van der Waals surface area (Å²) in [4.78, 5) is 13.6. The Bertz CT molecular complexity index is 153. The van der Waals surface area contributed by atoms with E-state index in [-0.39, 0.29) is 5.41 Å². The minimum Gasteiger partial charge on any atom is -0.298 e. The Balaban J connectivity index is 2.30. The first-order valence-corrected chi connectivity index (χ1v) is 4.26. The zero-order chi connectivity index (χ0) is 8.48. The summed E-state index contributed by atoms with van der Waals surface area (Å²) < 4.78 is 0. The number of hydrogen-bond acceptors (Lipinski definition) is 2. The molecule has 1 fully saturated rings. The van der Waals surface area contributed by atoms with E-state index in [0.29, 0.717) is 12.3 Å². The van der Waals surface area contributed by atoms with Crippen molar-refractivity contribution in [1.29, 1.82) is 0 Å². The lowest BCUT2D eigenvalue weighted by molar-refractivity contribution is -0.128. The smallest absolute Gasteiger partial charge is 0.152 e. The van der Waals surface area contributed by atoms with Crippen molar-refractivity contribution in [1.82, 2.24) is 4.90 Å². The van der Waals surface area contributed by atoms with Gasteiger partial charge in [0.15, 0.2) is 5.78 Å². The maximum atomic E-state index is 11.4. The number of rotatable bonds is 2. The van der Waals surface area contributed by atoms with Crippen LogP contribution in [0.15, 0.2) is 0 Å². The van der Waals surface area contributed by atoms with E-state index in [1.54, 1.807) is 0 Å². The van der Waals surface area contributed by atoms with Crippen molar-refractivity contribution in [2.24, 2.45) is 5.41 Å². The average Bonchev–Trinajstić information content (AvgIpc) is 1.75. The molecule has 0 aliphatic carbocycles. The molecular weight excluding hydrogens is 138 g/mol. The third kappa shape index (κ3) is 2.29. The third-order valence-corrected chi connectivity index (χ3v) is 2.15. The Hall–Kier alpha value is -0.370. The van der Waals surface area contributed by atoms with Gasteiger partial charge in [-0.15, -0.1) is 0 Å². The first-order chi connectivity index (χ1) is 5.00. The lowest BCUT2D eigenvalue weighted by atomic mass is 9.90. The van der Waals surface area contributed by atoms with Crippen molar-refractivity contribution in [3.05, 3.63) is 0 Å². The summed E-state index contributed by atoms with van der Waals surface area (Å²) in [7, 11) is 0. The lowest BCUT2D eigenvalue weighted by Gasteiger charge is -2.32. The number of carbonyl (C=O) groups is 1. The van der Waals surface area contributed by atoms with Gasteiger partial charge in [0.25, 0.3) is 0 Å². The fourth-order valence-electron chi connectivity index (χ4n) is 0.980. The van der Waals surface area contributed by atoms with Gasteiger partial charge in [0.2, 0.25) is 0 Å². The van der Waals surface area contributed by atoms with Crippen LogP contribution in [0.2, 0.25) is 0 Å². The molecule has 2 heteroatoms. The van der Waals surface area contributed by atoms with Crippen molar-refractivity contribution in [3.8, 4) is 0 Å². The molecule has 64 valence electrons. The van der Waals surface area contributed by atoms with Crippen LogP contribution < -0.4 is 0 Å². The lowest BCUT2D eigenvalue weighted by Crippen LogP contribution is -2.43. The van der Waals surface area contributed by atoms with E-state index >= 15 is 0 Å². The summed E-state index contributed by atoms with van der Waals surface area (Å²) in [5, 5.41) is 0. The fourth-order valence-corrected chi connectivity index (χ4v) is 0.980. The maximum Gasteiger partial charge on any atom is 0.152 e. The molecule has 0 radical (unpaired) electrons. The SMILES string of the molecule is CC(C)(C)C(=O)CN1CCC1. The van der Waals surface area contributed by atoms with Gasteiger partial charge in [-0.3, -0.25) is 9.69 Å². The van der Waals surface area contributed by atoms with E-state index < -0.39 is 0 Å². The summed E-state index contributed by atoms with van der Waals surface area (Å²) >= 11 is 0. The van der Waals surface area contributed by atoms with Crippen LogP contribution in [0.3, 0.4) is 0 Å². The zero-order valence-corrected chi connectivity index (χ0v) is 7.68. The molecule has 0 aromatic carbocycles. The van der Waals surface area contributed by atoms with Crippen LogP contribution in [0.1, 0.15) is 27.2 Å². The van der Waals surface area contributed by atoms with Crippen molar-refractivity contribution < 1.29 is 4.79 Å². The van der Waals surface area contributed by atoms with Gasteiger partial charge in [-0.25, -0.2) is 0 Å². The molecule has 2 nitrogen and oxygen atoms in total. The van der Waals surface area contributed by atoms with Crippen molar-refractivity contribution >= 4 is 5.78 Å². The van der Waals surface area contributed by atoms with Crippen LogP contribution in [0.5, 0.6) is 0 Å². The molecule has 0 amide bonds. The third-order valence-electron chi connectivity index (χ3n) is 2.15. The number of Topliss-reactive ketones (excluding diaryl/α,β-unsaturated/α-hetero) is 1. The predicted octanol–water partition coefficient (Wildman–Crippen LogP) is 1.31. The minimum atomic E-state index is -0.157. The summed E-state index contributed by atoms with van der Waals surface area (Å²) in [5.41, 5.74) is -0.157. The van der Waals surface area contributed by atoms with Crippen LogP contribution in [0.4, 0.5) is 0 Å². The van der Waals surface area contributed by atoms with Gasteiger partial charge < -0.3 is 0 Å². The van der Waals surface area contributed by atoms with Gasteiger partial charge in [0.05, 0.1) is 6.54 Å². The molecule has 1 rings (SSSR count). The molecule has 0 atom stereocenters. The maximum absolute atomic E-state index is 11.4. The topological polar surface area (TPSA) is 20.3 Å². The summed E-state index contributed by atoms with van der Waals surface area (Å²) in [6.07, 6.45) is 1.26. The van der Waals surface area contributed by atoms with Crippen molar-refractivity contribution in [2.45, 2.75) is 27.2 Å². The fraction of sp³-hybridized carbons (Fsp3) is 0.889. The van der Waals surface area contributed by atoms with Gasteiger partial charge in [0, 0.05) is 5.41 Å². The number of likely N-dealkylation sites (tertiary alicyclic amines) is 1. The van der Waals surface area contributed by atoms with Crippen LogP contribution in [0, 0.1) is 5.41 Å². The molecule has 1 saturated heterocycles. The average molecular weight is 155 g/mol. The van der Waals surface area contributed by atoms with Gasteiger partial charge in [-0.2, -0.15) is 0 Å². The van der Waals surface area contributed by atoms with Gasteiger partial charge in [0.1, 0.15) is 0 Å². The first-order valence-electron chi connectivity index (χ1n) is 4.26. The van der Waals surface area contributed by atoms with Crippen LogP contribution in [-0.2, 0) is 4.79 Å². The zero-order valence-electron chi connectivity index (χ0n) is 7.68. The summed E-state index contributed by atoms with van der Waals surface area (Å²) in [6.45, 7) is 8.83. The molecule has 0 aromatic rings. The Morgan fingerprint density at radius 2 is 1.91 bits per heavy atom. The molecule has 1 aliphatic rings. The molecule has 11 heavy (non-hydrogen) atoms. The monoisotopic (exact) mass is 155 g/mol. The van der Waals surface area contributed by atoms with Crippen molar-refractivity contribution in [3.63, 3.8) is 0 Å². The van der Waals surface area contributed by atoms with E-state index in [4.69, 9.17) is 0 Å². The number of nitrogens with zero attached hydrogens (tertiary/aromatic N) is 1. The second-order valence-electron chi connectivity index (χ2n) is 4.30. The van der Waals surface area contributed by atoms with Crippen molar-refractivity contribution in [2.75, 3.05) is 19.6 Å². The highest BCUT2D eigenvalue weighted by atomic mass is 16.1. The van der Waals surface area contributed by atoms with Crippen LogP contribution >= 0.6 is 0 Å². The molecule has 0 aromatic heterocycles. The minimum absolute atomic E-state index is 0.157. The molecule has 0 saturated carbocycles. The Morgan fingerprint density at radius 3 is 2.18 bits per heavy atom. The molecule has 1 aliphatic heterocycles. The molecule has 0 spiro atoms. The highest BCUT2D eigenvalue weighted by Crippen LogP contribution is 2.16. The molecule has 0 N–H and O–H groups in total. The standard InChI is InChI=1S/C9H17NO/c1-9(2,3)8(11)7-10-5-4-6-10/h4-7H2,1-3H3. The Kier molecular flexibility index (Phi) is 2.33. The van der Waals surface area contributed by atoms with Crippen LogP contribution in [0.25, 0.3) is 0 Å². The van der Waals surface area contributed by atoms with Crippen LogP contribution in [-0.4, -0.2) is 30.3 Å². The summed E-state index contributed by atoms with van der Waals surface area (Å²) in [6, 6.07) is 0. The van der Waals surface area contributed by atoms with E-state index in [0.717, 1.165) is 13.1 Å². The highest BCUT2D eigenvalue weighted by molar-refractivity contribution is 5.85. The molecule has 0 bridgehead atoms. The van der Waals surface area contributed by atoms with E-state index in [1.807, 2.05) is 20.8 Å². The first kappa shape index (κ1) is 8.72. The normalized spacial score (nSPS) is 19.5. The quantitative estimate of drug-likeness (QED) is 0.599. The molecule has 1 heterocycles. The predicted molar refractivity (Wildman–Crippen MR) is 45.5 cm³/mol. The second kappa shape index (κ2) is 2.94. The van der Waals surface area contributed by atoms with E-state index in [2.05, 4.69) is 4.90 Å². The largest absolute Gasteiger partial charge is 0.298 e. The summed E-state index contributed by atoms with van der Waals surface area (Å²) in [5.74, 6) is 0.359. The molecule has 0 unspecified atom stereocenters. The number of carbonyl (C=O) groups excluding carboxylic acids is 1. The Labute approximate surface area is 68.6 Å². The van der Waals surface area contributed by atoms with E-state index in [1.165, 1.54) is 6.42 Å². The Morgan fingerprint density at radius 1 is 1.36 bits per heavy atom. The highest BCUT2D eigenvalue weighted by Gasteiger charge is 2.25. The van der Waals surface area contributed by atoms with E-state index in [9.17, 15) is 4.79 Å². The van der Waals surface area contributed by atoms with Gasteiger partial charge >= 0.3 is 0 Å². The second-order valence-corrected chi connectivity index (χ2v) is 4.30.